The second kappa shape index (κ2) is 6.43. The van der Waals surface area contributed by atoms with Crippen molar-refractivity contribution in [1.29, 1.82) is 0 Å². The topological polar surface area (TPSA) is 69.6 Å². The molecule has 0 aliphatic carbocycles. The maximum absolute atomic E-state index is 12.3. The first-order valence-electron chi connectivity index (χ1n) is 7.91. The van der Waals surface area contributed by atoms with Crippen molar-refractivity contribution < 1.29 is 14.7 Å². The zero-order valence-corrected chi connectivity index (χ0v) is 12.9. The number of carboxylic acids is 1. The molecule has 3 fully saturated rings. The highest BCUT2D eigenvalue weighted by atomic mass is 16.4. The van der Waals surface area contributed by atoms with E-state index in [1.54, 1.807) is 18.2 Å². The maximum Gasteiger partial charge on any atom is 0.336 e. The fourth-order valence-electron chi connectivity index (χ4n) is 3.71. The van der Waals surface area contributed by atoms with Crippen LogP contribution in [0.1, 0.15) is 33.6 Å². The lowest BCUT2D eigenvalue weighted by Gasteiger charge is -2.48. The van der Waals surface area contributed by atoms with Crippen molar-refractivity contribution in [2.24, 2.45) is 11.8 Å². The Labute approximate surface area is 135 Å². The summed E-state index contributed by atoms with van der Waals surface area (Å²) in [5.41, 5.74) is 0.236. The van der Waals surface area contributed by atoms with Gasteiger partial charge in [0, 0.05) is 25.0 Å². The lowest BCUT2D eigenvalue weighted by molar-refractivity contribution is 0.0227. The summed E-state index contributed by atoms with van der Waals surface area (Å²) >= 11 is 0. The molecule has 1 aromatic rings. The predicted octanol–water partition coefficient (Wildman–Crippen LogP) is 1.46. The molecule has 4 atom stereocenters. The van der Waals surface area contributed by atoms with Gasteiger partial charge in [-0.05, 0) is 37.4 Å². The Hall–Kier alpha value is -2.32. The third kappa shape index (κ3) is 3.08. The van der Waals surface area contributed by atoms with Gasteiger partial charge >= 0.3 is 5.97 Å². The molecule has 0 saturated carbocycles. The van der Waals surface area contributed by atoms with Crippen LogP contribution in [0, 0.1) is 24.2 Å². The van der Waals surface area contributed by atoms with Crippen molar-refractivity contribution in [3.05, 3.63) is 35.4 Å². The van der Waals surface area contributed by atoms with Crippen molar-refractivity contribution in [2.45, 2.75) is 18.9 Å². The number of carbonyl (C=O) groups is 2. The first kappa shape index (κ1) is 15.6. The number of carboxylic acid groups (broad SMARTS) is 1. The van der Waals surface area contributed by atoms with Crippen LogP contribution in [0.25, 0.3) is 0 Å². The molecule has 0 radical (unpaired) electrons. The molecule has 4 rings (SSSR count). The van der Waals surface area contributed by atoms with E-state index in [2.05, 4.69) is 16.1 Å². The van der Waals surface area contributed by atoms with Gasteiger partial charge in [-0.2, -0.15) is 0 Å². The van der Waals surface area contributed by atoms with E-state index in [4.69, 9.17) is 11.5 Å². The SMILES string of the molecule is C#C[C@@H]1CN2CC[C@H]1C[C@@H]2CNC(=O)c1ccccc1C(=O)O. The Morgan fingerprint density at radius 1 is 1.35 bits per heavy atom. The number of aromatic carboxylic acids is 1. The second-order valence-corrected chi connectivity index (χ2v) is 6.27. The van der Waals surface area contributed by atoms with Crippen molar-refractivity contribution in [3.8, 4) is 12.3 Å². The van der Waals surface area contributed by atoms with Gasteiger partial charge in [0.2, 0.25) is 0 Å². The molecule has 2 bridgehead atoms. The predicted molar refractivity (Wildman–Crippen MR) is 86.1 cm³/mol. The van der Waals surface area contributed by atoms with Gasteiger partial charge in [0.25, 0.3) is 5.91 Å². The highest BCUT2D eigenvalue weighted by molar-refractivity contribution is 6.04. The molecule has 1 unspecified atom stereocenters. The van der Waals surface area contributed by atoms with Crippen LogP contribution in [-0.2, 0) is 0 Å². The summed E-state index contributed by atoms with van der Waals surface area (Å²) < 4.78 is 0. The molecule has 2 N–H and O–H groups in total. The van der Waals surface area contributed by atoms with E-state index < -0.39 is 5.97 Å². The number of fused-ring (bicyclic) bond motifs is 3. The van der Waals surface area contributed by atoms with E-state index in [0.717, 1.165) is 25.9 Å². The molecule has 0 aromatic heterocycles. The largest absolute Gasteiger partial charge is 0.478 e. The molecule has 3 heterocycles. The molecule has 23 heavy (non-hydrogen) atoms. The number of rotatable bonds is 4. The summed E-state index contributed by atoms with van der Waals surface area (Å²) in [6, 6.07) is 6.57. The van der Waals surface area contributed by atoms with Gasteiger partial charge in [-0.15, -0.1) is 12.3 Å². The molecule has 3 aliphatic heterocycles. The third-order valence-corrected chi connectivity index (χ3v) is 4.99. The Morgan fingerprint density at radius 3 is 2.70 bits per heavy atom. The average Bonchev–Trinajstić information content (AvgIpc) is 2.60. The Morgan fingerprint density at radius 2 is 2.09 bits per heavy atom. The molecular formula is C18H20N2O3. The number of terminal acetylenes is 1. The number of hydrogen-bond acceptors (Lipinski definition) is 3. The van der Waals surface area contributed by atoms with Crippen LogP contribution in [-0.4, -0.2) is 47.6 Å². The monoisotopic (exact) mass is 312 g/mol. The quantitative estimate of drug-likeness (QED) is 0.826. The number of hydrogen-bond donors (Lipinski definition) is 2. The minimum absolute atomic E-state index is 0.0304. The van der Waals surface area contributed by atoms with Crippen molar-refractivity contribution in [2.75, 3.05) is 19.6 Å². The highest BCUT2D eigenvalue weighted by Gasteiger charge is 2.39. The van der Waals surface area contributed by atoms with Crippen molar-refractivity contribution in [1.82, 2.24) is 10.2 Å². The van der Waals surface area contributed by atoms with Gasteiger partial charge in [-0.25, -0.2) is 4.79 Å². The van der Waals surface area contributed by atoms with Gasteiger partial charge < -0.3 is 10.4 Å². The van der Waals surface area contributed by atoms with Crippen LogP contribution in [0.3, 0.4) is 0 Å². The summed E-state index contributed by atoms with van der Waals surface area (Å²) in [5.74, 6) is 2.31. The summed E-state index contributed by atoms with van der Waals surface area (Å²) in [4.78, 5) is 25.9. The fraction of sp³-hybridized carbons (Fsp3) is 0.444. The van der Waals surface area contributed by atoms with Gasteiger partial charge in [-0.3, -0.25) is 9.69 Å². The number of piperidine rings is 3. The van der Waals surface area contributed by atoms with Crippen LogP contribution >= 0.6 is 0 Å². The summed E-state index contributed by atoms with van der Waals surface area (Å²) in [6.45, 7) is 2.45. The van der Waals surface area contributed by atoms with Crippen molar-refractivity contribution >= 4 is 11.9 Å². The van der Waals surface area contributed by atoms with Gasteiger partial charge in [0.05, 0.1) is 11.1 Å². The molecule has 1 aromatic carbocycles. The van der Waals surface area contributed by atoms with Crippen molar-refractivity contribution in [3.63, 3.8) is 0 Å². The highest BCUT2D eigenvalue weighted by Crippen LogP contribution is 2.35. The van der Waals surface area contributed by atoms with E-state index in [1.165, 1.54) is 6.07 Å². The fourth-order valence-corrected chi connectivity index (χ4v) is 3.71. The zero-order valence-electron chi connectivity index (χ0n) is 12.9. The number of carbonyl (C=O) groups excluding carboxylic acids is 1. The van der Waals surface area contributed by atoms with E-state index in [0.29, 0.717) is 24.4 Å². The van der Waals surface area contributed by atoms with E-state index in [9.17, 15) is 9.59 Å². The smallest absolute Gasteiger partial charge is 0.336 e. The minimum Gasteiger partial charge on any atom is -0.478 e. The Balaban J connectivity index is 1.63. The van der Waals surface area contributed by atoms with Crippen LogP contribution in [0.15, 0.2) is 24.3 Å². The van der Waals surface area contributed by atoms with Crippen LogP contribution < -0.4 is 5.32 Å². The number of nitrogens with zero attached hydrogens (tertiary/aromatic N) is 1. The van der Waals surface area contributed by atoms with E-state index >= 15 is 0 Å². The number of amides is 1. The van der Waals surface area contributed by atoms with Crippen LogP contribution in [0.2, 0.25) is 0 Å². The standard InChI is InChI=1S/C18H20N2O3/c1-2-12-11-20-8-7-13(12)9-14(20)10-19-17(21)15-5-3-4-6-16(15)18(22)23/h1,3-6,12-14H,7-11H2,(H,19,21)(H,22,23)/t12-,13+,14-/m1/s1. The molecule has 3 aliphatic rings. The Bertz CT molecular complexity index is 664. The summed E-state index contributed by atoms with van der Waals surface area (Å²) in [5, 5.41) is 12.1. The second-order valence-electron chi connectivity index (χ2n) is 6.27. The maximum atomic E-state index is 12.3. The normalized spacial score (nSPS) is 28.8. The molecule has 0 spiro atoms. The average molecular weight is 312 g/mol. The first-order valence-corrected chi connectivity index (χ1v) is 7.91. The lowest BCUT2D eigenvalue weighted by atomic mass is 9.76. The lowest BCUT2D eigenvalue weighted by Crippen LogP contribution is -2.56. The molecule has 5 nitrogen and oxygen atoms in total. The van der Waals surface area contributed by atoms with E-state index in [-0.39, 0.29) is 17.0 Å². The molecule has 120 valence electrons. The number of benzene rings is 1. The minimum atomic E-state index is -1.09. The zero-order chi connectivity index (χ0) is 16.4. The molecular weight excluding hydrogens is 292 g/mol. The third-order valence-electron chi connectivity index (χ3n) is 4.99. The van der Waals surface area contributed by atoms with E-state index in [1.807, 2.05) is 0 Å². The van der Waals surface area contributed by atoms with Crippen LogP contribution in [0.5, 0.6) is 0 Å². The number of nitrogens with one attached hydrogen (secondary N) is 1. The molecule has 1 amide bonds. The molecule has 5 heteroatoms. The van der Waals surface area contributed by atoms with Gasteiger partial charge in [-0.1, -0.05) is 12.1 Å². The first-order chi connectivity index (χ1) is 11.1. The van der Waals surface area contributed by atoms with Crippen LogP contribution in [0.4, 0.5) is 0 Å². The van der Waals surface area contributed by atoms with Gasteiger partial charge in [0.15, 0.2) is 0 Å². The molecule has 3 saturated heterocycles. The summed E-state index contributed by atoms with van der Waals surface area (Å²) in [7, 11) is 0. The Kier molecular flexibility index (Phi) is 4.35. The van der Waals surface area contributed by atoms with Gasteiger partial charge in [0.1, 0.15) is 0 Å². The summed E-state index contributed by atoms with van der Waals surface area (Å²) in [6.07, 6.45) is 7.70.